The molecule has 2 heteroatoms. The average molecular weight is 207 g/mol. The summed E-state index contributed by atoms with van der Waals surface area (Å²) in [5.74, 6) is 0.574. The number of aromatic nitrogens is 1. The predicted molar refractivity (Wildman–Crippen MR) is 62.6 cm³/mol. The highest BCUT2D eigenvalue weighted by Crippen LogP contribution is 2.24. The minimum Gasteiger partial charge on any atom is -0.388 e. The topological polar surface area (TPSA) is 33.1 Å². The van der Waals surface area contributed by atoms with Gasteiger partial charge in [-0.2, -0.15) is 0 Å². The Labute approximate surface area is 92.4 Å². The van der Waals surface area contributed by atoms with Crippen LogP contribution in [0.4, 0.5) is 0 Å². The fourth-order valence-corrected chi connectivity index (χ4v) is 1.97. The molecule has 0 aliphatic carbocycles. The molecule has 1 aromatic heterocycles. The quantitative estimate of drug-likeness (QED) is 0.804. The summed E-state index contributed by atoms with van der Waals surface area (Å²) in [6.07, 6.45) is 4.60. The summed E-state index contributed by atoms with van der Waals surface area (Å²) in [4.78, 5) is 4.19. The SMILES string of the molecule is CCCC(C)CC(O)c1cccnc1C. The first-order valence-corrected chi connectivity index (χ1v) is 5.74. The Morgan fingerprint density at radius 2 is 2.20 bits per heavy atom. The fraction of sp³-hybridized carbons (Fsp3) is 0.615. The van der Waals surface area contributed by atoms with Crippen molar-refractivity contribution in [3.05, 3.63) is 29.6 Å². The maximum Gasteiger partial charge on any atom is 0.0810 e. The first-order valence-electron chi connectivity index (χ1n) is 5.74. The second-order valence-electron chi connectivity index (χ2n) is 4.32. The number of rotatable bonds is 5. The first kappa shape index (κ1) is 12.2. The number of aliphatic hydroxyl groups is 1. The first-order chi connectivity index (χ1) is 7.15. The summed E-state index contributed by atoms with van der Waals surface area (Å²) in [7, 11) is 0. The van der Waals surface area contributed by atoms with Crippen LogP contribution in [0.2, 0.25) is 0 Å². The number of aryl methyl sites for hydroxylation is 1. The molecule has 0 amide bonds. The number of hydrogen-bond donors (Lipinski definition) is 1. The van der Waals surface area contributed by atoms with E-state index in [4.69, 9.17) is 0 Å². The molecule has 0 bridgehead atoms. The maximum atomic E-state index is 10.1. The third-order valence-corrected chi connectivity index (χ3v) is 2.81. The van der Waals surface area contributed by atoms with Crippen LogP contribution in [0.15, 0.2) is 18.3 Å². The van der Waals surface area contributed by atoms with E-state index in [2.05, 4.69) is 18.8 Å². The largest absolute Gasteiger partial charge is 0.388 e. The molecule has 0 radical (unpaired) electrons. The summed E-state index contributed by atoms with van der Waals surface area (Å²) in [6.45, 7) is 6.32. The van der Waals surface area contributed by atoms with Crippen LogP contribution in [0.3, 0.4) is 0 Å². The van der Waals surface area contributed by atoms with E-state index < -0.39 is 0 Å². The number of aliphatic hydroxyl groups excluding tert-OH is 1. The van der Waals surface area contributed by atoms with E-state index in [1.165, 1.54) is 12.8 Å². The number of hydrogen-bond acceptors (Lipinski definition) is 2. The van der Waals surface area contributed by atoms with Gasteiger partial charge in [-0.1, -0.05) is 32.8 Å². The molecular formula is C13H21NO. The summed E-state index contributed by atoms with van der Waals surface area (Å²) in [5.41, 5.74) is 1.91. The molecule has 2 unspecified atom stereocenters. The Balaban J connectivity index is 2.61. The monoisotopic (exact) mass is 207 g/mol. The van der Waals surface area contributed by atoms with Gasteiger partial charge in [-0.05, 0) is 25.3 Å². The zero-order valence-electron chi connectivity index (χ0n) is 9.90. The highest BCUT2D eigenvalue weighted by Gasteiger charge is 2.13. The minimum atomic E-state index is -0.361. The lowest BCUT2D eigenvalue weighted by molar-refractivity contribution is 0.144. The van der Waals surface area contributed by atoms with Gasteiger partial charge in [0.05, 0.1) is 6.10 Å². The van der Waals surface area contributed by atoms with Crippen molar-refractivity contribution in [3.8, 4) is 0 Å². The van der Waals surface area contributed by atoms with Crippen molar-refractivity contribution >= 4 is 0 Å². The molecule has 0 saturated carbocycles. The highest BCUT2D eigenvalue weighted by molar-refractivity contribution is 5.20. The van der Waals surface area contributed by atoms with Crippen LogP contribution >= 0.6 is 0 Å². The lowest BCUT2D eigenvalue weighted by Crippen LogP contribution is -2.06. The molecule has 2 atom stereocenters. The highest BCUT2D eigenvalue weighted by atomic mass is 16.3. The van der Waals surface area contributed by atoms with Gasteiger partial charge in [-0.3, -0.25) is 4.98 Å². The Morgan fingerprint density at radius 3 is 2.80 bits per heavy atom. The normalized spacial score (nSPS) is 14.9. The Bertz CT molecular complexity index is 298. The van der Waals surface area contributed by atoms with Crippen LogP contribution in [0.1, 0.15) is 50.5 Å². The van der Waals surface area contributed by atoms with Crippen molar-refractivity contribution < 1.29 is 5.11 Å². The smallest absolute Gasteiger partial charge is 0.0810 e. The fourth-order valence-electron chi connectivity index (χ4n) is 1.97. The Kier molecular flexibility index (Phi) is 4.76. The van der Waals surface area contributed by atoms with Crippen molar-refractivity contribution in [1.29, 1.82) is 0 Å². The minimum absolute atomic E-state index is 0.361. The third kappa shape index (κ3) is 3.63. The molecule has 1 rings (SSSR count). The van der Waals surface area contributed by atoms with Gasteiger partial charge in [0.2, 0.25) is 0 Å². The lowest BCUT2D eigenvalue weighted by Gasteiger charge is -2.17. The van der Waals surface area contributed by atoms with Gasteiger partial charge in [0.1, 0.15) is 0 Å². The van der Waals surface area contributed by atoms with Crippen molar-refractivity contribution in [1.82, 2.24) is 4.98 Å². The molecule has 0 saturated heterocycles. The van der Waals surface area contributed by atoms with Crippen LogP contribution in [0, 0.1) is 12.8 Å². The molecule has 1 aromatic rings. The molecule has 84 valence electrons. The molecular weight excluding hydrogens is 186 g/mol. The second kappa shape index (κ2) is 5.86. The third-order valence-electron chi connectivity index (χ3n) is 2.81. The number of nitrogens with zero attached hydrogens (tertiary/aromatic N) is 1. The van der Waals surface area contributed by atoms with E-state index in [9.17, 15) is 5.11 Å². The van der Waals surface area contributed by atoms with E-state index in [1.807, 2.05) is 19.1 Å². The van der Waals surface area contributed by atoms with Crippen molar-refractivity contribution in [2.45, 2.75) is 46.1 Å². The van der Waals surface area contributed by atoms with E-state index in [-0.39, 0.29) is 6.10 Å². The number of pyridine rings is 1. The second-order valence-corrected chi connectivity index (χ2v) is 4.32. The molecule has 1 heterocycles. The zero-order valence-corrected chi connectivity index (χ0v) is 9.90. The summed E-state index contributed by atoms with van der Waals surface area (Å²) >= 11 is 0. The summed E-state index contributed by atoms with van der Waals surface area (Å²) in [5, 5.41) is 10.1. The molecule has 1 N–H and O–H groups in total. The van der Waals surface area contributed by atoms with Crippen LogP contribution in [0.5, 0.6) is 0 Å². The van der Waals surface area contributed by atoms with Gasteiger partial charge in [-0.25, -0.2) is 0 Å². The van der Waals surface area contributed by atoms with E-state index in [0.29, 0.717) is 5.92 Å². The summed E-state index contributed by atoms with van der Waals surface area (Å²) in [6, 6.07) is 3.85. The average Bonchev–Trinajstić information content (AvgIpc) is 2.18. The maximum absolute atomic E-state index is 10.1. The van der Waals surface area contributed by atoms with E-state index in [1.54, 1.807) is 6.20 Å². The van der Waals surface area contributed by atoms with E-state index in [0.717, 1.165) is 17.7 Å². The van der Waals surface area contributed by atoms with Crippen LogP contribution in [-0.2, 0) is 0 Å². The van der Waals surface area contributed by atoms with Crippen molar-refractivity contribution in [3.63, 3.8) is 0 Å². The molecule has 0 aliphatic rings. The van der Waals surface area contributed by atoms with Crippen LogP contribution in [-0.4, -0.2) is 10.1 Å². The summed E-state index contributed by atoms with van der Waals surface area (Å²) < 4.78 is 0. The van der Waals surface area contributed by atoms with Gasteiger partial charge in [0.15, 0.2) is 0 Å². The zero-order chi connectivity index (χ0) is 11.3. The van der Waals surface area contributed by atoms with Crippen LogP contribution < -0.4 is 0 Å². The Hall–Kier alpha value is -0.890. The van der Waals surface area contributed by atoms with Gasteiger partial charge < -0.3 is 5.11 Å². The van der Waals surface area contributed by atoms with Gasteiger partial charge >= 0.3 is 0 Å². The van der Waals surface area contributed by atoms with Gasteiger partial charge in [0.25, 0.3) is 0 Å². The van der Waals surface area contributed by atoms with Gasteiger partial charge in [0, 0.05) is 17.5 Å². The van der Waals surface area contributed by atoms with Crippen molar-refractivity contribution in [2.24, 2.45) is 5.92 Å². The van der Waals surface area contributed by atoms with Crippen LogP contribution in [0.25, 0.3) is 0 Å². The Morgan fingerprint density at radius 1 is 1.47 bits per heavy atom. The standard InChI is InChI=1S/C13H21NO/c1-4-6-10(2)9-13(15)12-7-5-8-14-11(12)3/h5,7-8,10,13,15H,4,6,9H2,1-3H3. The molecule has 2 nitrogen and oxygen atoms in total. The van der Waals surface area contributed by atoms with E-state index >= 15 is 0 Å². The molecule has 15 heavy (non-hydrogen) atoms. The molecule has 0 fully saturated rings. The molecule has 0 spiro atoms. The van der Waals surface area contributed by atoms with Gasteiger partial charge in [-0.15, -0.1) is 0 Å². The predicted octanol–water partition coefficient (Wildman–Crippen LogP) is 3.25. The molecule has 0 aromatic carbocycles. The lowest BCUT2D eigenvalue weighted by atomic mass is 9.94. The van der Waals surface area contributed by atoms with Crippen molar-refractivity contribution in [2.75, 3.05) is 0 Å². The molecule has 0 aliphatic heterocycles.